The van der Waals surface area contributed by atoms with Crippen molar-refractivity contribution in [2.24, 2.45) is 0 Å². The van der Waals surface area contributed by atoms with Crippen LogP contribution in [0.15, 0.2) is 283 Å². The molecule has 1 unspecified atom stereocenters. The van der Waals surface area contributed by atoms with Gasteiger partial charge in [0.1, 0.15) is 5.58 Å². The molecule has 0 N–H and O–H groups in total. The van der Waals surface area contributed by atoms with Crippen molar-refractivity contribution in [2.45, 2.75) is 5.41 Å². The predicted molar refractivity (Wildman–Crippen MR) is 308 cm³/mol. The monoisotopic (exact) mass is 942 g/mol. The molecule has 0 fully saturated rings. The van der Waals surface area contributed by atoms with Crippen LogP contribution in [0.4, 0.5) is 34.1 Å². The maximum Gasteiger partial charge on any atom is 0.159 e. The molecule has 13 aromatic rings. The lowest BCUT2D eigenvalue weighted by atomic mass is 9.70. The number of benzene rings is 12. The van der Waals surface area contributed by atoms with Crippen molar-refractivity contribution >= 4 is 66.8 Å². The summed E-state index contributed by atoms with van der Waals surface area (Å²) in [6.45, 7) is 0. The van der Waals surface area contributed by atoms with Crippen LogP contribution in [-0.4, -0.2) is 0 Å². The van der Waals surface area contributed by atoms with Crippen molar-refractivity contribution in [3.8, 4) is 44.5 Å². The summed E-state index contributed by atoms with van der Waals surface area (Å²) in [6, 6.07) is 102. The smallest absolute Gasteiger partial charge is 0.159 e. The number of furan rings is 1. The van der Waals surface area contributed by atoms with Crippen molar-refractivity contribution in [1.29, 1.82) is 0 Å². The summed E-state index contributed by atoms with van der Waals surface area (Å²) in [5.41, 5.74) is 22.3. The second-order valence-corrected chi connectivity index (χ2v) is 19.5. The average molecular weight is 943 g/mol. The van der Waals surface area contributed by atoms with E-state index in [1.807, 2.05) is 6.07 Å². The van der Waals surface area contributed by atoms with Crippen molar-refractivity contribution in [3.05, 3.63) is 301 Å². The van der Waals surface area contributed by atoms with Gasteiger partial charge in [0.05, 0.1) is 16.8 Å². The third-order valence-electron chi connectivity index (χ3n) is 15.7. The molecular formula is C71H46N2O. The molecule has 1 spiro atoms. The minimum absolute atomic E-state index is 0.639. The summed E-state index contributed by atoms with van der Waals surface area (Å²) in [5, 5.41) is 4.61. The number of para-hydroxylation sites is 4. The van der Waals surface area contributed by atoms with Gasteiger partial charge in [0.2, 0.25) is 0 Å². The molecule has 0 saturated carbocycles. The van der Waals surface area contributed by atoms with E-state index >= 15 is 0 Å². The molecule has 1 aromatic heterocycles. The second kappa shape index (κ2) is 16.7. The number of nitrogens with zero attached hydrogens (tertiary/aromatic N) is 2. The molecule has 1 atom stereocenters. The maximum absolute atomic E-state index is 6.78. The Labute approximate surface area is 430 Å². The highest BCUT2D eigenvalue weighted by Gasteiger charge is 2.52. The Morgan fingerprint density at radius 1 is 0.284 bits per heavy atom. The van der Waals surface area contributed by atoms with Crippen LogP contribution in [0.2, 0.25) is 0 Å². The van der Waals surface area contributed by atoms with Crippen LogP contribution in [0.3, 0.4) is 0 Å². The van der Waals surface area contributed by atoms with Crippen molar-refractivity contribution in [1.82, 2.24) is 0 Å². The second-order valence-electron chi connectivity index (χ2n) is 19.5. The number of hydrogen-bond donors (Lipinski definition) is 0. The van der Waals surface area contributed by atoms with Gasteiger partial charge in [-0.25, -0.2) is 0 Å². The van der Waals surface area contributed by atoms with Crippen LogP contribution in [0.5, 0.6) is 0 Å². The molecule has 15 rings (SSSR count). The van der Waals surface area contributed by atoms with E-state index in [1.165, 1.54) is 72.0 Å². The molecule has 0 amide bonds. The molecule has 1 heterocycles. The first-order valence-corrected chi connectivity index (χ1v) is 25.5. The van der Waals surface area contributed by atoms with Gasteiger partial charge >= 0.3 is 0 Å². The number of anilines is 6. The topological polar surface area (TPSA) is 19.6 Å². The van der Waals surface area contributed by atoms with Gasteiger partial charge in [-0.1, -0.05) is 212 Å². The number of rotatable bonds is 8. The Hall–Kier alpha value is -9.70. The maximum atomic E-state index is 6.78. The van der Waals surface area contributed by atoms with Gasteiger partial charge < -0.3 is 14.2 Å². The highest BCUT2D eigenvalue weighted by Crippen LogP contribution is 2.64. The highest BCUT2D eigenvalue weighted by atomic mass is 16.3. The molecular weight excluding hydrogens is 897 g/mol. The largest absolute Gasteiger partial charge is 0.454 e. The van der Waals surface area contributed by atoms with E-state index < -0.39 is 5.41 Å². The van der Waals surface area contributed by atoms with E-state index in [9.17, 15) is 0 Å². The molecule has 0 aliphatic heterocycles. The minimum Gasteiger partial charge on any atom is -0.454 e. The highest BCUT2D eigenvalue weighted by molar-refractivity contribution is 6.11. The third kappa shape index (κ3) is 6.27. The van der Waals surface area contributed by atoms with Crippen molar-refractivity contribution in [2.75, 3.05) is 9.80 Å². The molecule has 2 aliphatic rings. The lowest BCUT2D eigenvalue weighted by Gasteiger charge is -2.34. The first-order valence-electron chi connectivity index (χ1n) is 25.5. The zero-order chi connectivity index (χ0) is 48.7. The van der Waals surface area contributed by atoms with E-state index in [-0.39, 0.29) is 0 Å². The minimum atomic E-state index is -0.639. The summed E-state index contributed by atoms with van der Waals surface area (Å²) in [5.74, 6) is 0. The Morgan fingerprint density at radius 3 is 1.42 bits per heavy atom. The molecule has 12 aromatic carbocycles. The molecule has 3 nitrogen and oxygen atoms in total. The normalized spacial score (nSPS) is 14.0. The Balaban J connectivity index is 0.970. The van der Waals surface area contributed by atoms with Crippen LogP contribution in [0, 0.1) is 0 Å². The van der Waals surface area contributed by atoms with E-state index in [1.54, 1.807) is 0 Å². The van der Waals surface area contributed by atoms with E-state index in [2.05, 4.69) is 283 Å². The molecule has 0 bridgehead atoms. The summed E-state index contributed by atoms with van der Waals surface area (Å²) in [6.07, 6.45) is 0. The number of hydrogen-bond acceptors (Lipinski definition) is 3. The van der Waals surface area contributed by atoms with Crippen LogP contribution >= 0.6 is 0 Å². The lowest BCUT2D eigenvalue weighted by Crippen LogP contribution is -2.26. The lowest BCUT2D eigenvalue weighted by molar-refractivity contribution is 0.669. The molecule has 0 radical (unpaired) electrons. The zero-order valence-electron chi connectivity index (χ0n) is 40.4. The fraction of sp³-hybridized carbons (Fsp3) is 0.0141. The Kier molecular flexibility index (Phi) is 9.48. The van der Waals surface area contributed by atoms with Gasteiger partial charge in [0, 0.05) is 39.1 Å². The van der Waals surface area contributed by atoms with Gasteiger partial charge in [0.25, 0.3) is 0 Å². The summed E-state index contributed by atoms with van der Waals surface area (Å²) in [7, 11) is 0. The van der Waals surface area contributed by atoms with E-state index in [0.29, 0.717) is 0 Å². The number of fused-ring (bicyclic) bond motifs is 14. The van der Waals surface area contributed by atoms with Crippen LogP contribution in [-0.2, 0) is 5.41 Å². The predicted octanol–water partition coefficient (Wildman–Crippen LogP) is 19.4. The summed E-state index contributed by atoms with van der Waals surface area (Å²) < 4.78 is 6.78. The quantitative estimate of drug-likeness (QED) is 0.151. The standard InChI is InChI=1S/C71H46N2O/c1-4-19-47(20-5-1)48-35-37-50(38-36-48)69-55-26-11-10-21-49(55)39-44-66(69)72(51-22-6-2-7-23-51)53-40-42-58-56-27-12-15-31-62(56)71(64(58)45-53)63-32-16-13-28-57(63)59-43-41-54(46-65(59)71)73(52-24-8-3-9-25-52)67-33-18-30-61-60-29-14-17-34-68(60)74-70(61)67/h1-46H. The van der Waals surface area contributed by atoms with Gasteiger partial charge in [-0.3, -0.25) is 0 Å². The Morgan fingerprint density at radius 2 is 0.770 bits per heavy atom. The molecule has 346 valence electrons. The van der Waals surface area contributed by atoms with Crippen molar-refractivity contribution < 1.29 is 4.42 Å². The summed E-state index contributed by atoms with van der Waals surface area (Å²) in [4.78, 5) is 4.86. The van der Waals surface area contributed by atoms with Gasteiger partial charge in [-0.05, 0) is 139 Å². The Bertz CT molecular complexity index is 4300. The van der Waals surface area contributed by atoms with Crippen LogP contribution < -0.4 is 9.80 Å². The van der Waals surface area contributed by atoms with Crippen molar-refractivity contribution in [3.63, 3.8) is 0 Å². The SMILES string of the molecule is c1ccc(-c2ccc(-c3c(N(c4ccccc4)c4ccc5c(c4)C4(c6ccccc6-5)c5ccccc5-c5ccc(N(c6ccccc6)c6cccc7c6oc6ccccc67)cc54)ccc4ccccc34)cc2)cc1. The fourth-order valence-electron chi connectivity index (χ4n) is 12.5. The summed E-state index contributed by atoms with van der Waals surface area (Å²) >= 11 is 0. The van der Waals surface area contributed by atoms with E-state index in [4.69, 9.17) is 4.42 Å². The molecule has 2 aliphatic carbocycles. The van der Waals surface area contributed by atoms with Gasteiger partial charge in [0.15, 0.2) is 5.58 Å². The fourth-order valence-corrected chi connectivity index (χ4v) is 12.5. The van der Waals surface area contributed by atoms with E-state index in [0.717, 1.165) is 61.6 Å². The first-order chi connectivity index (χ1) is 36.7. The first kappa shape index (κ1) is 42.0. The third-order valence-corrected chi connectivity index (χ3v) is 15.7. The zero-order valence-corrected chi connectivity index (χ0v) is 40.4. The molecule has 74 heavy (non-hydrogen) atoms. The van der Waals surface area contributed by atoms with Crippen LogP contribution in [0.1, 0.15) is 22.3 Å². The van der Waals surface area contributed by atoms with Crippen LogP contribution in [0.25, 0.3) is 77.2 Å². The molecule has 0 saturated heterocycles. The average Bonchev–Trinajstić information content (AvgIpc) is 4.18. The van der Waals surface area contributed by atoms with Gasteiger partial charge in [-0.15, -0.1) is 0 Å². The molecule has 3 heteroatoms. The van der Waals surface area contributed by atoms with Gasteiger partial charge in [-0.2, -0.15) is 0 Å².